The SMILES string of the molecule is COc1ccc(F)cc1C1=CCC(F)(OCC2CCCN(C(=O)N(CCC(=O)O)Cc3ccccc3)C2)C=C1. The predicted octanol–water partition coefficient (Wildman–Crippen LogP) is 5.67. The lowest BCUT2D eigenvalue weighted by atomic mass is 9.95. The number of methoxy groups -OCH3 is 1. The topological polar surface area (TPSA) is 79.3 Å². The van der Waals surface area contributed by atoms with Crippen LogP contribution in [0.25, 0.3) is 5.57 Å². The van der Waals surface area contributed by atoms with Gasteiger partial charge in [0.15, 0.2) is 0 Å². The molecule has 39 heavy (non-hydrogen) atoms. The normalized spacial score (nSPS) is 20.8. The fourth-order valence-corrected chi connectivity index (χ4v) is 4.92. The number of carboxylic acids is 1. The van der Waals surface area contributed by atoms with Gasteiger partial charge in [0, 0.05) is 44.1 Å². The van der Waals surface area contributed by atoms with Crippen LogP contribution in [0.3, 0.4) is 0 Å². The van der Waals surface area contributed by atoms with Gasteiger partial charge in [-0.25, -0.2) is 13.6 Å². The molecule has 0 aromatic heterocycles. The van der Waals surface area contributed by atoms with Gasteiger partial charge < -0.3 is 24.4 Å². The Hall–Kier alpha value is -3.72. The third kappa shape index (κ3) is 7.66. The van der Waals surface area contributed by atoms with E-state index >= 15 is 4.39 Å². The fourth-order valence-electron chi connectivity index (χ4n) is 4.92. The smallest absolute Gasteiger partial charge is 0.320 e. The highest BCUT2D eigenvalue weighted by Gasteiger charge is 2.33. The molecule has 1 saturated heterocycles. The number of ether oxygens (including phenoxy) is 2. The Bertz CT molecular complexity index is 1220. The number of benzene rings is 2. The molecular formula is C30H34F2N2O5. The van der Waals surface area contributed by atoms with Gasteiger partial charge in [-0.1, -0.05) is 42.5 Å². The van der Waals surface area contributed by atoms with E-state index in [0.717, 1.165) is 18.4 Å². The van der Waals surface area contributed by atoms with Crippen molar-refractivity contribution in [2.75, 3.05) is 33.4 Å². The molecule has 2 aromatic carbocycles. The van der Waals surface area contributed by atoms with Crippen molar-refractivity contribution >= 4 is 17.6 Å². The van der Waals surface area contributed by atoms with Crippen molar-refractivity contribution in [3.8, 4) is 5.75 Å². The van der Waals surface area contributed by atoms with Crippen LogP contribution in [0.2, 0.25) is 0 Å². The van der Waals surface area contributed by atoms with Gasteiger partial charge in [0.1, 0.15) is 11.6 Å². The Labute approximate surface area is 227 Å². The summed E-state index contributed by atoms with van der Waals surface area (Å²) in [6.07, 6.45) is 5.93. The monoisotopic (exact) mass is 540 g/mol. The van der Waals surface area contributed by atoms with Crippen LogP contribution in [0.15, 0.2) is 66.8 Å². The molecule has 4 rings (SSSR count). The molecule has 2 atom stereocenters. The molecule has 1 aliphatic heterocycles. The highest BCUT2D eigenvalue weighted by atomic mass is 19.2. The Morgan fingerprint density at radius 1 is 1.21 bits per heavy atom. The van der Waals surface area contributed by atoms with Crippen LogP contribution in [0, 0.1) is 11.7 Å². The van der Waals surface area contributed by atoms with E-state index in [-0.39, 0.29) is 37.9 Å². The maximum absolute atomic E-state index is 15.5. The second-order valence-corrected chi connectivity index (χ2v) is 9.93. The molecule has 9 heteroatoms. The van der Waals surface area contributed by atoms with Crippen LogP contribution < -0.4 is 4.74 Å². The van der Waals surface area contributed by atoms with Gasteiger partial charge in [-0.2, -0.15) is 0 Å². The van der Waals surface area contributed by atoms with Crippen LogP contribution in [0.4, 0.5) is 13.6 Å². The summed E-state index contributed by atoms with van der Waals surface area (Å²) in [7, 11) is 1.50. The third-order valence-corrected chi connectivity index (χ3v) is 7.02. The van der Waals surface area contributed by atoms with Gasteiger partial charge in [0.2, 0.25) is 5.85 Å². The van der Waals surface area contributed by atoms with Gasteiger partial charge in [-0.05, 0) is 48.3 Å². The number of hydrogen-bond donors (Lipinski definition) is 1. The molecule has 0 spiro atoms. The first kappa shape index (κ1) is 28.3. The van der Waals surface area contributed by atoms with E-state index in [2.05, 4.69) is 0 Å². The number of allylic oxidation sites excluding steroid dienone is 2. The van der Waals surface area contributed by atoms with Crippen molar-refractivity contribution in [3.05, 3.63) is 83.7 Å². The molecule has 2 aliphatic rings. The van der Waals surface area contributed by atoms with Gasteiger partial charge in [0.05, 0.1) is 20.1 Å². The number of alkyl halides is 1. The second kappa shape index (κ2) is 12.9. The van der Waals surface area contributed by atoms with Crippen LogP contribution in [-0.4, -0.2) is 66.1 Å². The molecule has 1 N–H and O–H groups in total. The van der Waals surface area contributed by atoms with Crippen molar-refractivity contribution in [2.45, 2.75) is 38.1 Å². The van der Waals surface area contributed by atoms with Crippen molar-refractivity contribution < 1.29 is 33.0 Å². The van der Waals surface area contributed by atoms with E-state index in [9.17, 15) is 14.0 Å². The lowest BCUT2D eigenvalue weighted by Crippen LogP contribution is -2.48. The first-order chi connectivity index (χ1) is 18.8. The van der Waals surface area contributed by atoms with Crippen molar-refractivity contribution in [1.29, 1.82) is 0 Å². The summed E-state index contributed by atoms with van der Waals surface area (Å²) in [6.45, 7) is 1.50. The molecule has 1 fully saturated rings. The minimum Gasteiger partial charge on any atom is -0.496 e. The van der Waals surface area contributed by atoms with Gasteiger partial charge in [0.25, 0.3) is 0 Å². The number of carboxylic acid groups (broad SMARTS) is 1. The zero-order chi connectivity index (χ0) is 27.8. The minimum absolute atomic E-state index is 0.0338. The number of likely N-dealkylation sites (tertiary alicyclic amines) is 1. The number of halogens is 2. The number of hydrogen-bond acceptors (Lipinski definition) is 4. The van der Waals surface area contributed by atoms with Gasteiger partial charge in [-0.15, -0.1) is 0 Å². The number of carbonyl (C=O) groups is 2. The Kier molecular flexibility index (Phi) is 9.35. The number of carbonyl (C=O) groups excluding carboxylic acids is 1. The van der Waals surface area contributed by atoms with E-state index < -0.39 is 17.6 Å². The Morgan fingerprint density at radius 2 is 2.00 bits per heavy atom. The third-order valence-electron chi connectivity index (χ3n) is 7.02. The molecule has 1 aliphatic carbocycles. The number of rotatable bonds is 10. The van der Waals surface area contributed by atoms with E-state index in [1.54, 1.807) is 22.0 Å². The summed E-state index contributed by atoms with van der Waals surface area (Å²) in [4.78, 5) is 27.8. The summed E-state index contributed by atoms with van der Waals surface area (Å²) in [5.41, 5.74) is 2.11. The number of urea groups is 1. The quantitative estimate of drug-likeness (QED) is 0.420. The molecule has 0 bridgehead atoms. The minimum atomic E-state index is -2.00. The zero-order valence-electron chi connectivity index (χ0n) is 22.0. The molecule has 2 unspecified atom stereocenters. The average Bonchev–Trinajstić information content (AvgIpc) is 2.95. The number of aliphatic carboxylic acids is 1. The van der Waals surface area contributed by atoms with E-state index in [0.29, 0.717) is 36.5 Å². The van der Waals surface area contributed by atoms with Crippen molar-refractivity contribution in [3.63, 3.8) is 0 Å². The van der Waals surface area contributed by atoms with Gasteiger partial charge in [-0.3, -0.25) is 4.79 Å². The van der Waals surface area contributed by atoms with E-state index in [1.165, 1.54) is 31.4 Å². The molecule has 0 saturated carbocycles. The van der Waals surface area contributed by atoms with E-state index in [4.69, 9.17) is 14.6 Å². The molecule has 2 aromatic rings. The molecule has 7 nitrogen and oxygen atoms in total. The molecule has 0 radical (unpaired) electrons. The highest BCUT2D eigenvalue weighted by Crippen LogP contribution is 2.35. The second-order valence-electron chi connectivity index (χ2n) is 9.93. The molecule has 2 amide bonds. The maximum atomic E-state index is 15.5. The molecular weight excluding hydrogens is 506 g/mol. The number of nitrogens with zero attached hydrogens (tertiary/aromatic N) is 2. The Balaban J connectivity index is 1.35. The standard InChI is InChI=1S/C30H34F2N2O5/c1-38-27-10-9-25(31)18-26(27)24-11-14-30(32,15-12-24)39-21-23-8-5-16-33(20-23)29(37)34(17-13-28(35)36)19-22-6-3-2-4-7-22/h2-4,6-7,9-12,14,18,23H,5,8,13,15-17,19-21H2,1H3,(H,35,36). The largest absolute Gasteiger partial charge is 0.496 e. The summed E-state index contributed by atoms with van der Waals surface area (Å²) in [5, 5.41) is 9.16. The zero-order valence-corrected chi connectivity index (χ0v) is 22.0. The average molecular weight is 541 g/mol. The molecule has 208 valence electrons. The van der Waals surface area contributed by atoms with Crippen LogP contribution in [-0.2, 0) is 16.1 Å². The lowest BCUT2D eigenvalue weighted by Gasteiger charge is -2.37. The maximum Gasteiger partial charge on any atom is 0.320 e. The Morgan fingerprint density at radius 3 is 2.69 bits per heavy atom. The first-order valence-electron chi connectivity index (χ1n) is 13.1. The fraction of sp³-hybridized carbons (Fsp3) is 0.400. The molecule has 1 heterocycles. The summed E-state index contributed by atoms with van der Waals surface area (Å²) in [6, 6.07) is 13.4. The van der Waals surface area contributed by atoms with E-state index in [1.807, 2.05) is 30.3 Å². The highest BCUT2D eigenvalue weighted by molar-refractivity contribution is 5.79. The van der Waals surface area contributed by atoms with Gasteiger partial charge >= 0.3 is 12.0 Å². The lowest BCUT2D eigenvalue weighted by molar-refractivity contribution is -0.137. The van der Waals surface area contributed by atoms with Crippen LogP contribution in [0.1, 0.15) is 36.8 Å². The summed E-state index contributed by atoms with van der Waals surface area (Å²) in [5.74, 6) is -2.94. The predicted molar refractivity (Wildman–Crippen MR) is 143 cm³/mol. The van der Waals surface area contributed by atoms with Crippen LogP contribution >= 0.6 is 0 Å². The number of amides is 2. The number of piperidine rings is 1. The van der Waals surface area contributed by atoms with Crippen molar-refractivity contribution in [2.24, 2.45) is 5.92 Å². The van der Waals surface area contributed by atoms with Crippen LogP contribution in [0.5, 0.6) is 5.75 Å². The first-order valence-corrected chi connectivity index (χ1v) is 13.1. The van der Waals surface area contributed by atoms with Crippen molar-refractivity contribution in [1.82, 2.24) is 9.80 Å². The summed E-state index contributed by atoms with van der Waals surface area (Å²) >= 11 is 0. The summed E-state index contributed by atoms with van der Waals surface area (Å²) < 4.78 is 40.3.